The van der Waals surface area contributed by atoms with Crippen LogP contribution < -0.4 is 16.3 Å². The highest BCUT2D eigenvalue weighted by molar-refractivity contribution is 5.30. The molecular formula is C5H8N3+. The summed E-state index contributed by atoms with van der Waals surface area (Å²) in [5, 5.41) is 0. The van der Waals surface area contributed by atoms with Crippen LogP contribution in [0.2, 0.25) is 0 Å². The predicted molar refractivity (Wildman–Crippen MR) is 31.2 cm³/mol. The molecule has 42 valence electrons. The summed E-state index contributed by atoms with van der Waals surface area (Å²) in [4.78, 5) is 0. The Morgan fingerprint density at radius 3 is 2.62 bits per heavy atom. The molecule has 0 amide bonds. The van der Waals surface area contributed by atoms with Gasteiger partial charge in [-0.3, -0.25) is 0 Å². The van der Waals surface area contributed by atoms with Gasteiger partial charge in [0.25, 0.3) is 0 Å². The highest BCUT2D eigenvalue weighted by Gasteiger charge is 1.89. The van der Waals surface area contributed by atoms with Gasteiger partial charge in [-0.25, -0.2) is 5.84 Å². The molecule has 0 saturated carbocycles. The molecule has 3 heteroatoms. The molecule has 0 saturated heterocycles. The third kappa shape index (κ3) is 0.872. The van der Waals surface area contributed by atoms with E-state index < -0.39 is 0 Å². The molecule has 1 aromatic rings. The summed E-state index contributed by atoms with van der Waals surface area (Å²) in [6, 6.07) is 3.57. The second-order valence-electron chi connectivity index (χ2n) is 1.58. The van der Waals surface area contributed by atoms with Crippen LogP contribution in [0, 0.1) is 0 Å². The largest absolute Gasteiger partial charge is 0.394 e. The number of nitrogens with two attached hydrogens (primary N) is 2. The summed E-state index contributed by atoms with van der Waals surface area (Å²) < 4.78 is 1.41. The van der Waals surface area contributed by atoms with Crippen LogP contribution in [0.15, 0.2) is 24.5 Å². The molecule has 1 heterocycles. The van der Waals surface area contributed by atoms with Gasteiger partial charge in [0.1, 0.15) is 0 Å². The minimum Gasteiger partial charge on any atom is -0.394 e. The molecule has 0 radical (unpaired) electrons. The summed E-state index contributed by atoms with van der Waals surface area (Å²) >= 11 is 0. The van der Waals surface area contributed by atoms with E-state index in [1.807, 2.05) is 0 Å². The van der Waals surface area contributed by atoms with Crippen LogP contribution >= 0.6 is 0 Å². The van der Waals surface area contributed by atoms with Gasteiger partial charge in [-0.05, 0) is 6.07 Å². The molecule has 0 atom stereocenters. The Bertz CT molecular complexity index is 168. The highest BCUT2D eigenvalue weighted by atomic mass is 15.3. The second-order valence-corrected chi connectivity index (χ2v) is 1.58. The number of aromatic nitrogens is 1. The van der Waals surface area contributed by atoms with Crippen molar-refractivity contribution in [2.75, 3.05) is 11.6 Å². The Morgan fingerprint density at radius 2 is 2.25 bits per heavy atom. The standard InChI is InChI=1S/C5H8N3/c6-5-2-1-3-8(7)4-5/h1-4H,6-7H2/q+1. The van der Waals surface area contributed by atoms with Crippen molar-refractivity contribution in [3.63, 3.8) is 0 Å². The molecule has 1 rings (SSSR count). The van der Waals surface area contributed by atoms with Crippen LogP contribution in [0.3, 0.4) is 0 Å². The quantitative estimate of drug-likeness (QED) is 0.342. The lowest BCUT2D eigenvalue weighted by atomic mass is 10.4. The minimum absolute atomic E-state index is 0.676. The monoisotopic (exact) mass is 110 g/mol. The van der Waals surface area contributed by atoms with Crippen LogP contribution in [0.1, 0.15) is 0 Å². The number of hydrogen-bond acceptors (Lipinski definition) is 2. The molecule has 0 bridgehead atoms. The van der Waals surface area contributed by atoms with Gasteiger partial charge in [0.2, 0.25) is 6.20 Å². The molecule has 3 nitrogen and oxygen atoms in total. The van der Waals surface area contributed by atoms with E-state index in [0.717, 1.165) is 0 Å². The van der Waals surface area contributed by atoms with E-state index in [0.29, 0.717) is 5.69 Å². The third-order valence-electron chi connectivity index (χ3n) is 0.845. The lowest BCUT2D eigenvalue weighted by Gasteiger charge is -1.84. The zero-order valence-electron chi connectivity index (χ0n) is 4.41. The average molecular weight is 110 g/mol. The first-order valence-electron chi connectivity index (χ1n) is 2.31. The van der Waals surface area contributed by atoms with Crippen molar-refractivity contribution in [1.82, 2.24) is 0 Å². The number of nitrogen functional groups attached to an aromatic ring is 2. The van der Waals surface area contributed by atoms with Crippen molar-refractivity contribution in [2.24, 2.45) is 0 Å². The fraction of sp³-hybridized carbons (Fsp3) is 0. The Labute approximate surface area is 47.5 Å². The number of rotatable bonds is 0. The maximum Gasteiger partial charge on any atom is 0.221 e. The first-order valence-corrected chi connectivity index (χ1v) is 2.31. The van der Waals surface area contributed by atoms with E-state index in [9.17, 15) is 0 Å². The van der Waals surface area contributed by atoms with Crippen LogP contribution in [0.5, 0.6) is 0 Å². The molecule has 4 N–H and O–H groups in total. The average Bonchev–Trinajstić information content (AvgIpc) is 1.64. The van der Waals surface area contributed by atoms with Crippen LogP contribution in [0.4, 0.5) is 5.69 Å². The van der Waals surface area contributed by atoms with E-state index in [2.05, 4.69) is 0 Å². The maximum absolute atomic E-state index is 5.36. The van der Waals surface area contributed by atoms with Crippen molar-refractivity contribution in [3.8, 4) is 0 Å². The SMILES string of the molecule is Nc1ccc[n+](N)c1. The number of pyridine rings is 1. The van der Waals surface area contributed by atoms with Gasteiger partial charge < -0.3 is 5.73 Å². The zero-order valence-corrected chi connectivity index (χ0v) is 4.41. The van der Waals surface area contributed by atoms with E-state index in [1.54, 1.807) is 24.5 Å². The third-order valence-corrected chi connectivity index (χ3v) is 0.845. The van der Waals surface area contributed by atoms with E-state index in [1.165, 1.54) is 4.68 Å². The van der Waals surface area contributed by atoms with Crippen LogP contribution in [-0.2, 0) is 0 Å². The summed E-state index contributed by atoms with van der Waals surface area (Å²) in [5.41, 5.74) is 6.03. The van der Waals surface area contributed by atoms with Crippen molar-refractivity contribution >= 4 is 5.69 Å². The summed E-state index contributed by atoms with van der Waals surface area (Å²) in [5.74, 6) is 5.30. The molecule has 0 fully saturated rings. The normalized spacial score (nSPS) is 9.00. The molecule has 0 aliphatic heterocycles. The van der Waals surface area contributed by atoms with Crippen LogP contribution in [-0.4, -0.2) is 0 Å². The molecule has 8 heavy (non-hydrogen) atoms. The first kappa shape index (κ1) is 4.90. The number of hydrogen-bond donors (Lipinski definition) is 2. The predicted octanol–water partition coefficient (Wildman–Crippen LogP) is -0.730. The van der Waals surface area contributed by atoms with Crippen molar-refractivity contribution in [1.29, 1.82) is 0 Å². The highest BCUT2D eigenvalue weighted by Crippen LogP contribution is 1.90. The molecule has 1 aromatic heterocycles. The Hall–Kier alpha value is -1.25. The Morgan fingerprint density at radius 1 is 1.50 bits per heavy atom. The van der Waals surface area contributed by atoms with Crippen molar-refractivity contribution in [3.05, 3.63) is 24.5 Å². The summed E-state index contributed by atoms with van der Waals surface area (Å²) in [6.45, 7) is 0. The van der Waals surface area contributed by atoms with Gasteiger partial charge >= 0.3 is 0 Å². The fourth-order valence-electron chi connectivity index (χ4n) is 0.512. The Kier molecular flexibility index (Phi) is 1.04. The lowest BCUT2D eigenvalue weighted by Crippen LogP contribution is -2.43. The Balaban J connectivity index is 3.08. The number of anilines is 1. The van der Waals surface area contributed by atoms with Crippen LogP contribution in [0.25, 0.3) is 0 Å². The van der Waals surface area contributed by atoms with Gasteiger partial charge in [-0.1, -0.05) is 4.68 Å². The molecule has 0 aliphatic rings. The number of nitrogens with zero attached hydrogens (tertiary/aromatic N) is 1. The van der Waals surface area contributed by atoms with E-state index in [4.69, 9.17) is 11.6 Å². The molecular weight excluding hydrogens is 102 g/mol. The molecule has 0 aromatic carbocycles. The summed E-state index contributed by atoms with van der Waals surface area (Å²) in [7, 11) is 0. The molecule has 0 spiro atoms. The summed E-state index contributed by atoms with van der Waals surface area (Å²) in [6.07, 6.45) is 3.36. The van der Waals surface area contributed by atoms with Gasteiger partial charge in [-0.15, -0.1) is 0 Å². The van der Waals surface area contributed by atoms with Gasteiger partial charge in [0, 0.05) is 6.07 Å². The second kappa shape index (κ2) is 1.69. The first-order chi connectivity index (χ1) is 3.79. The fourth-order valence-corrected chi connectivity index (χ4v) is 0.512. The van der Waals surface area contributed by atoms with Gasteiger partial charge in [0.15, 0.2) is 6.20 Å². The topological polar surface area (TPSA) is 55.9 Å². The molecule has 0 aliphatic carbocycles. The maximum atomic E-state index is 5.36. The zero-order chi connectivity index (χ0) is 5.98. The minimum atomic E-state index is 0.676. The van der Waals surface area contributed by atoms with Crippen molar-refractivity contribution in [2.45, 2.75) is 0 Å². The smallest absolute Gasteiger partial charge is 0.221 e. The van der Waals surface area contributed by atoms with Crippen molar-refractivity contribution < 1.29 is 4.68 Å². The van der Waals surface area contributed by atoms with Gasteiger partial charge in [-0.2, -0.15) is 0 Å². The molecule has 0 unspecified atom stereocenters. The van der Waals surface area contributed by atoms with E-state index >= 15 is 0 Å². The lowest BCUT2D eigenvalue weighted by molar-refractivity contribution is -0.638. The van der Waals surface area contributed by atoms with Gasteiger partial charge in [0.05, 0.1) is 5.69 Å². The van der Waals surface area contributed by atoms with E-state index in [-0.39, 0.29) is 0 Å².